The number of hydrogen-bond donors (Lipinski definition) is 2. The Labute approximate surface area is 160 Å². The number of rotatable bonds is 3. The Balaban J connectivity index is 1.37. The molecule has 2 aliphatic rings. The van der Waals surface area contributed by atoms with Crippen LogP contribution < -0.4 is 10.6 Å². The van der Waals surface area contributed by atoms with Gasteiger partial charge in [-0.05, 0) is 49.1 Å². The van der Waals surface area contributed by atoms with Gasteiger partial charge in [0.2, 0.25) is 5.91 Å². The van der Waals surface area contributed by atoms with Crippen molar-refractivity contribution < 1.29 is 9.59 Å². The summed E-state index contributed by atoms with van der Waals surface area (Å²) < 4.78 is 0. The van der Waals surface area contributed by atoms with Crippen molar-refractivity contribution >= 4 is 22.6 Å². The van der Waals surface area contributed by atoms with E-state index in [0.717, 1.165) is 55.1 Å². The number of amides is 2. The Morgan fingerprint density at radius 2 is 1.78 bits per heavy atom. The second-order valence-electron chi connectivity index (χ2n) is 7.65. The molecule has 4 rings (SSSR count). The Morgan fingerprint density at radius 3 is 2.56 bits per heavy atom. The molecule has 0 aliphatic carbocycles. The highest BCUT2D eigenvalue weighted by Gasteiger charge is 2.29. The van der Waals surface area contributed by atoms with Crippen LogP contribution in [0, 0.1) is 5.92 Å². The van der Waals surface area contributed by atoms with Crippen LogP contribution in [0.15, 0.2) is 42.5 Å². The number of carbonyl (C=O) groups is 2. The predicted octanol–water partition coefficient (Wildman–Crippen LogP) is 2.56. The van der Waals surface area contributed by atoms with Gasteiger partial charge in [-0.1, -0.05) is 36.4 Å². The average molecular weight is 365 g/mol. The smallest absolute Gasteiger partial charge is 0.254 e. The lowest BCUT2D eigenvalue weighted by atomic mass is 9.94. The Morgan fingerprint density at radius 1 is 1.00 bits per heavy atom. The molecule has 2 aliphatic heterocycles. The fourth-order valence-corrected chi connectivity index (χ4v) is 4.22. The quantitative estimate of drug-likeness (QED) is 0.879. The zero-order valence-electron chi connectivity index (χ0n) is 15.6. The first-order chi connectivity index (χ1) is 13.2. The third kappa shape index (κ3) is 3.98. The van der Waals surface area contributed by atoms with E-state index in [1.54, 1.807) is 0 Å². The van der Waals surface area contributed by atoms with E-state index in [1.165, 1.54) is 0 Å². The van der Waals surface area contributed by atoms with Gasteiger partial charge in [0, 0.05) is 37.2 Å². The number of nitrogens with one attached hydrogen (secondary N) is 2. The third-order valence-corrected chi connectivity index (χ3v) is 5.82. The predicted molar refractivity (Wildman–Crippen MR) is 107 cm³/mol. The van der Waals surface area contributed by atoms with Crippen LogP contribution in [0.2, 0.25) is 0 Å². The number of nitrogens with zero attached hydrogens (tertiary/aromatic N) is 1. The molecule has 2 fully saturated rings. The van der Waals surface area contributed by atoms with Gasteiger partial charge in [0.1, 0.15) is 0 Å². The van der Waals surface area contributed by atoms with E-state index >= 15 is 0 Å². The highest BCUT2D eigenvalue weighted by atomic mass is 16.2. The van der Waals surface area contributed by atoms with Crippen LogP contribution in [0.25, 0.3) is 10.8 Å². The lowest BCUT2D eigenvalue weighted by Crippen LogP contribution is -2.49. The van der Waals surface area contributed by atoms with Crippen LogP contribution in [-0.4, -0.2) is 48.9 Å². The van der Waals surface area contributed by atoms with E-state index in [2.05, 4.69) is 10.6 Å². The van der Waals surface area contributed by atoms with Crippen molar-refractivity contribution in [1.29, 1.82) is 0 Å². The van der Waals surface area contributed by atoms with E-state index in [1.807, 2.05) is 47.4 Å². The summed E-state index contributed by atoms with van der Waals surface area (Å²) in [6.07, 6.45) is 3.64. The standard InChI is InChI=1S/C22H27N3O2/c26-21(24-18-7-4-12-23-15-18)17-10-13-25(14-11-17)22(27)20-9-3-6-16-5-1-2-8-19(16)20/h1-3,5-6,8-9,17-18,23H,4,7,10-15H2,(H,24,26). The van der Waals surface area contributed by atoms with Crippen molar-refractivity contribution in [2.24, 2.45) is 5.92 Å². The number of likely N-dealkylation sites (tertiary alicyclic amines) is 1. The maximum absolute atomic E-state index is 13.0. The van der Waals surface area contributed by atoms with Gasteiger partial charge in [-0.2, -0.15) is 0 Å². The summed E-state index contributed by atoms with van der Waals surface area (Å²) in [6.45, 7) is 3.19. The molecule has 0 aromatic heterocycles. The first-order valence-corrected chi connectivity index (χ1v) is 10.0. The lowest BCUT2D eigenvalue weighted by Gasteiger charge is -2.33. The first kappa shape index (κ1) is 18.0. The van der Waals surface area contributed by atoms with Gasteiger partial charge in [0.25, 0.3) is 5.91 Å². The number of piperidine rings is 2. The minimum Gasteiger partial charge on any atom is -0.352 e. The van der Waals surface area contributed by atoms with Crippen LogP contribution in [0.5, 0.6) is 0 Å². The lowest BCUT2D eigenvalue weighted by molar-refractivity contribution is -0.127. The fourth-order valence-electron chi connectivity index (χ4n) is 4.22. The molecule has 5 heteroatoms. The Kier molecular flexibility index (Phi) is 5.39. The summed E-state index contributed by atoms with van der Waals surface area (Å²) >= 11 is 0. The van der Waals surface area contributed by atoms with Crippen molar-refractivity contribution in [1.82, 2.24) is 15.5 Å². The van der Waals surface area contributed by atoms with Crippen LogP contribution in [-0.2, 0) is 4.79 Å². The van der Waals surface area contributed by atoms with Gasteiger partial charge in [-0.15, -0.1) is 0 Å². The summed E-state index contributed by atoms with van der Waals surface area (Å²) in [5.74, 6) is 0.242. The molecule has 2 aromatic carbocycles. The van der Waals surface area contributed by atoms with Gasteiger partial charge in [0.15, 0.2) is 0 Å². The molecule has 27 heavy (non-hydrogen) atoms. The normalized spacial score (nSPS) is 21.2. The zero-order chi connectivity index (χ0) is 18.6. The number of fused-ring (bicyclic) bond motifs is 1. The van der Waals surface area contributed by atoms with Crippen molar-refractivity contribution in [3.63, 3.8) is 0 Å². The highest BCUT2D eigenvalue weighted by Crippen LogP contribution is 2.24. The van der Waals surface area contributed by atoms with Crippen molar-refractivity contribution in [3.05, 3.63) is 48.0 Å². The average Bonchev–Trinajstić information content (AvgIpc) is 2.73. The molecule has 0 radical (unpaired) electrons. The minimum atomic E-state index is 0.0171. The largest absolute Gasteiger partial charge is 0.352 e. The molecular formula is C22H27N3O2. The highest BCUT2D eigenvalue weighted by molar-refractivity contribution is 6.07. The number of hydrogen-bond acceptors (Lipinski definition) is 3. The van der Waals surface area contributed by atoms with Gasteiger partial charge in [0.05, 0.1) is 0 Å². The third-order valence-electron chi connectivity index (χ3n) is 5.82. The van der Waals surface area contributed by atoms with Crippen LogP contribution in [0.3, 0.4) is 0 Å². The molecule has 2 N–H and O–H groups in total. The first-order valence-electron chi connectivity index (χ1n) is 10.0. The van der Waals surface area contributed by atoms with E-state index in [9.17, 15) is 9.59 Å². The van der Waals surface area contributed by atoms with Crippen LogP contribution >= 0.6 is 0 Å². The molecule has 2 heterocycles. The summed E-state index contributed by atoms with van der Waals surface area (Å²) in [4.78, 5) is 27.5. The van der Waals surface area contributed by atoms with E-state index in [-0.39, 0.29) is 23.8 Å². The van der Waals surface area contributed by atoms with Gasteiger partial charge in [-0.25, -0.2) is 0 Å². The fraction of sp³-hybridized carbons (Fsp3) is 0.455. The molecule has 0 saturated carbocycles. The SMILES string of the molecule is O=C(NC1CCCNC1)C1CCN(C(=O)c2cccc3ccccc23)CC1. The van der Waals surface area contributed by atoms with Crippen molar-refractivity contribution in [3.8, 4) is 0 Å². The van der Waals surface area contributed by atoms with Gasteiger partial charge in [-0.3, -0.25) is 9.59 Å². The van der Waals surface area contributed by atoms with E-state index < -0.39 is 0 Å². The van der Waals surface area contributed by atoms with Crippen LogP contribution in [0.1, 0.15) is 36.0 Å². The minimum absolute atomic E-state index is 0.0171. The molecular weight excluding hydrogens is 338 g/mol. The molecule has 2 saturated heterocycles. The molecule has 142 valence electrons. The molecule has 2 amide bonds. The Bertz CT molecular complexity index is 816. The number of benzene rings is 2. The van der Waals surface area contributed by atoms with Crippen LogP contribution in [0.4, 0.5) is 0 Å². The molecule has 5 nitrogen and oxygen atoms in total. The molecule has 1 atom stereocenters. The molecule has 0 bridgehead atoms. The van der Waals surface area contributed by atoms with E-state index in [4.69, 9.17) is 0 Å². The van der Waals surface area contributed by atoms with E-state index in [0.29, 0.717) is 13.1 Å². The number of carbonyl (C=O) groups excluding carboxylic acids is 2. The Hall–Kier alpha value is -2.40. The molecule has 1 unspecified atom stereocenters. The molecule has 2 aromatic rings. The second kappa shape index (κ2) is 8.09. The topological polar surface area (TPSA) is 61.4 Å². The maximum atomic E-state index is 13.0. The summed E-state index contributed by atoms with van der Waals surface area (Å²) in [5, 5.41) is 8.59. The monoisotopic (exact) mass is 365 g/mol. The molecule has 0 spiro atoms. The summed E-state index contributed by atoms with van der Waals surface area (Å²) in [5.41, 5.74) is 0.754. The maximum Gasteiger partial charge on any atom is 0.254 e. The zero-order valence-corrected chi connectivity index (χ0v) is 15.6. The summed E-state index contributed by atoms with van der Waals surface area (Å²) in [6, 6.07) is 14.1. The van der Waals surface area contributed by atoms with Crippen molar-refractivity contribution in [2.45, 2.75) is 31.7 Å². The second-order valence-corrected chi connectivity index (χ2v) is 7.65. The van der Waals surface area contributed by atoms with Gasteiger partial charge >= 0.3 is 0 Å². The summed E-state index contributed by atoms with van der Waals surface area (Å²) in [7, 11) is 0. The van der Waals surface area contributed by atoms with Gasteiger partial charge < -0.3 is 15.5 Å². The van der Waals surface area contributed by atoms with Crippen molar-refractivity contribution in [2.75, 3.05) is 26.2 Å².